The lowest BCUT2D eigenvalue weighted by atomic mass is 10.4. The van der Waals surface area contributed by atoms with Gasteiger partial charge in [-0.05, 0) is 12.5 Å². The van der Waals surface area contributed by atoms with Crippen LogP contribution in [0, 0.1) is 0 Å². The standard InChI is InChI=1S/C9H11N3/c1-2-4-12-5-3-8-6-10-7-11-9(8)12/h3,5-7H,2,4H2,1H3. The van der Waals surface area contributed by atoms with Crippen LogP contribution in [0.5, 0.6) is 0 Å². The minimum absolute atomic E-state index is 1.03. The zero-order valence-corrected chi connectivity index (χ0v) is 7.07. The predicted molar refractivity (Wildman–Crippen MR) is 47.8 cm³/mol. The molecule has 0 aliphatic heterocycles. The highest BCUT2D eigenvalue weighted by atomic mass is 15.0. The summed E-state index contributed by atoms with van der Waals surface area (Å²) in [5.74, 6) is 0. The van der Waals surface area contributed by atoms with E-state index in [0.29, 0.717) is 0 Å². The Morgan fingerprint density at radius 2 is 2.42 bits per heavy atom. The molecule has 0 unspecified atom stereocenters. The van der Waals surface area contributed by atoms with Gasteiger partial charge in [-0.1, -0.05) is 6.92 Å². The summed E-state index contributed by atoms with van der Waals surface area (Å²) >= 11 is 0. The predicted octanol–water partition coefficient (Wildman–Crippen LogP) is 1.84. The maximum atomic E-state index is 4.21. The van der Waals surface area contributed by atoms with Gasteiger partial charge < -0.3 is 4.57 Å². The number of aryl methyl sites for hydroxylation is 1. The van der Waals surface area contributed by atoms with Crippen molar-refractivity contribution >= 4 is 11.0 Å². The maximum absolute atomic E-state index is 4.21. The van der Waals surface area contributed by atoms with Crippen LogP contribution in [0.1, 0.15) is 13.3 Å². The molecule has 0 saturated carbocycles. The maximum Gasteiger partial charge on any atom is 0.143 e. The first-order valence-electron chi connectivity index (χ1n) is 4.16. The molecule has 0 aliphatic carbocycles. The Hall–Kier alpha value is -1.38. The molecule has 62 valence electrons. The van der Waals surface area contributed by atoms with Crippen molar-refractivity contribution in [2.45, 2.75) is 19.9 Å². The molecule has 2 heterocycles. The summed E-state index contributed by atoms with van der Waals surface area (Å²) in [6, 6.07) is 2.05. The fourth-order valence-corrected chi connectivity index (χ4v) is 1.35. The average molecular weight is 161 g/mol. The van der Waals surface area contributed by atoms with E-state index < -0.39 is 0 Å². The summed E-state index contributed by atoms with van der Waals surface area (Å²) < 4.78 is 2.15. The van der Waals surface area contributed by atoms with Crippen molar-refractivity contribution < 1.29 is 0 Å². The third-order valence-corrected chi connectivity index (χ3v) is 1.89. The zero-order valence-electron chi connectivity index (χ0n) is 7.07. The van der Waals surface area contributed by atoms with E-state index in [1.807, 2.05) is 12.3 Å². The van der Waals surface area contributed by atoms with Crippen molar-refractivity contribution in [1.82, 2.24) is 14.5 Å². The number of aromatic nitrogens is 3. The van der Waals surface area contributed by atoms with Crippen molar-refractivity contribution in [3.63, 3.8) is 0 Å². The normalized spacial score (nSPS) is 10.8. The van der Waals surface area contributed by atoms with E-state index in [1.165, 1.54) is 0 Å². The van der Waals surface area contributed by atoms with Crippen molar-refractivity contribution in [3.05, 3.63) is 24.8 Å². The first-order valence-corrected chi connectivity index (χ1v) is 4.16. The van der Waals surface area contributed by atoms with Gasteiger partial charge in [0.2, 0.25) is 0 Å². The summed E-state index contributed by atoms with van der Waals surface area (Å²) in [6.45, 7) is 3.19. The average Bonchev–Trinajstić information content (AvgIpc) is 2.50. The molecule has 0 N–H and O–H groups in total. The highest BCUT2D eigenvalue weighted by molar-refractivity contribution is 5.74. The lowest BCUT2D eigenvalue weighted by Gasteiger charge is -1.99. The Kier molecular flexibility index (Phi) is 1.78. The third kappa shape index (κ3) is 1.07. The van der Waals surface area contributed by atoms with Crippen LogP contribution in [-0.4, -0.2) is 14.5 Å². The molecule has 0 aliphatic rings. The van der Waals surface area contributed by atoms with Crippen LogP contribution in [0.3, 0.4) is 0 Å². The van der Waals surface area contributed by atoms with Gasteiger partial charge in [0, 0.05) is 24.3 Å². The summed E-state index contributed by atoms with van der Waals surface area (Å²) in [7, 11) is 0. The number of hydrogen-bond donors (Lipinski definition) is 0. The molecule has 12 heavy (non-hydrogen) atoms. The number of nitrogens with zero attached hydrogens (tertiary/aromatic N) is 3. The monoisotopic (exact) mass is 161 g/mol. The second kappa shape index (κ2) is 2.93. The van der Waals surface area contributed by atoms with Crippen molar-refractivity contribution in [2.24, 2.45) is 0 Å². The highest BCUT2D eigenvalue weighted by Crippen LogP contribution is 2.10. The first-order chi connectivity index (χ1) is 5.92. The van der Waals surface area contributed by atoms with Gasteiger partial charge in [0.1, 0.15) is 12.0 Å². The van der Waals surface area contributed by atoms with Gasteiger partial charge in [0.05, 0.1) is 0 Å². The van der Waals surface area contributed by atoms with Crippen LogP contribution in [0.25, 0.3) is 11.0 Å². The highest BCUT2D eigenvalue weighted by Gasteiger charge is 1.98. The molecule has 0 atom stereocenters. The summed E-state index contributed by atoms with van der Waals surface area (Å²) in [4.78, 5) is 8.17. The van der Waals surface area contributed by atoms with Crippen LogP contribution >= 0.6 is 0 Å². The summed E-state index contributed by atoms with van der Waals surface area (Å²) in [5.41, 5.74) is 1.03. The first kappa shape index (κ1) is 7.28. The van der Waals surface area contributed by atoms with Gasteiger partial charge >= 0.3 is 0 Å². The molecular formula is C9H11N3. The van der Waals surface area contributed by atoms with E-state index in [1.54, 1.807) is 6.33 Å². The molecule has 2 aromatic heterocycles. The Morgan fingerprint density at radius 3 is 3.25 bits per heavy atom. The van der Waals surface area contributed by atoms with Crippen LogP contribution < -0.4 is 0 Å². The van der Waals surface area contributed by atoms with Crippen LogP contribution in [0.15, 0.2) is 24.8 Å². The number of fused-ring (bicyclic) bond motifs is 1. The second-order valence-electron chi connectivity index (χ2n) is 2.81. The smallest absolute Gasteiger partial charge is 0.143 e. The van der Waals surface area contributed by atoms with E-state index in [2.05, 4.69) is 27.7 Å². The summed E-state index contributed by atoms with van der Waals surface area (Å²) in [5, 5.41) is 1.12. The minimum Gasteiger partial charge on any atom is -0.332 e. The molecule has 3 heteroatoms. The van der Waals surface area contributed by atoms with Crippen molar-refractivity contribution in [1.29, 1.82) is 0 Å². The second-order valence-corrected chi connectivity index (χ2v) is 2.81. The molecule has 2 aromatic rings. The van der Waals surface area contributed by atoms with Crippen LogP contribution in [0.4, 0.5) is 0 Å². The van der Waals surface area contributed by atoms with Crippen molar-refractivity contribution in [3.8, 4) is 0 Å². The van der Waals surface area contributed by atoms with Gasteiger partial charge in [-0.3, -0.25) is 0 Å². The molecule has 2 rings (SSSR count). The van der Waals surface area contributed by atoms with E-state index in [4.69, 9.17) is 0 Å². The fourth-order valence-electron chi connectivity index (χ4n) is 1.35. The topological polar surface area (TPSA) is 30.7 Å². The van der Waals surface area contributed by atoms with Crippen LogP contribution in [0.2, 0.25) is 0 Å². The quantitative estimate of drug-likeness (QED) is 0.672. The van der Waals surface area contributed by atoms with Gasteiger partial charge in [-0.15, -0.1) is 0 Å². The molecule has 0 aromatic carbocycles. The summed E-state index contributed by atoms with van der Waals surface area (Å²) in [6.07, 6.45) is 6.62. The Morgan fingerprint density at radius 1 is 1.50 bits per heavy atom. The number of hydrogen-bond acceptors (Lipinski definition) is 2. The SMILES string of the molecule is CCCn1ccc2cncnc21. The van der Waals surface area contributed by atoms with E-state index in [0.717, 1.165) is 24.0 Å². The van der Waals surface area contributed by atoms with E-state index >= 15 is 0 Å². The van der Waals surface area contributed by atoms with Crippen LogP contribution in [-0.2, 0) is 6.54 Å². The molecular weight excluding hydrogens is 150 g/mol. The molecule has 0 bridgehead atoms. The van der Waals surface area contributed by atoms with Crippen molar-refractivity contribution in [2.75, 3.05) is 0 Å². The Labute approximate surface area is 71.1 Å². The molecule has 0 spiro atoms. The molecule has 0 saturated heterocycles. The van der Waals surface area contributed by atoms with E-state index in [9.17, 15) is 0 Å². The fraction of sp³-hybridized carbons (Fsp3) is 0.333. The Bertz CT molecular complexity index is 378. The molecule has 0 radical (unpaired) electrons. The van der Waals surface area contributed by atoms with Gasteiger partial charge in [-0.25, -0.2) is 9.97 Å². The van der Waals surface area contributed by atoms with Gasteiger partial charge in [-0.2, -0.15) is 0 Å². The minimum atomic E-state index is 1.03. The lowest BCUT2D eigenvalue weighted by Crippen LogP contribution is -1.95. The molecule has 0 amide bonds. The molecule has 0 fully saturated rings. The number of rotatable bonds is 2. The zero-order chi connectivity index (χ0) is 8.39. The molecule has 3 nitrogen and oxygen atoms in total. The van der Waals surface area contributed by atoms with Gasteiger partial charge in [0.25, 0.3) is 0 Å². The van der Waals surface area contributed by atoms with Gasteiger partial charge in [0.15, 0.2) is 0 Å². The Balaban J connectivity index is 2.55. The third-order valence-electron chi connectivity index (χ3n) is 1.89. The largest absolute Gasteiger partial charge is 0.332 e. The van der Waals surface area contributed by atoms with E-state index in [-0.39, 0.29) is 0 Å². The lowest BCUT2D eigenvalue weighted by molar-refractivity contribution is 0.697.